The first kappa shape index (κ1) is 24.0. The molecule has 34 heavy (non-hydrogen) atoms. The smallest absolute Gasteiger partial charge is 0.330 e. The highest BCUT2D eigenvalue weighted by atomic mass is 79.9. The second kappa shape index (κ2) is 9.60. The molecular formula is C26H24BrClN4O2. The number of carbonyl (C=O) groups is 2. The van der Waals surface area contributed by atoms with Gasteiger partial charge in [-0.1, -0.05) is 70.0 Å². The van der Waals surface area contributed by atoms with Gasteiger partial charge in [-0.05, 0) is 54.4 Å². The summed E-state index contributed by atoms with van der Waals surface area (Å²) >= 11 is 9.52. The maximum Gasteiger partial charge on any atom is 0.353 e. The first-order chi connectivity index (χ1) is 16.2. The Hall–Kier alpha value is -3.16. The SMILES string of the molecule is CN(C)C(=O)N(C(=O)N1CC(C)(c2ccccc2)C(c2ccc(Cl)cc2)=N1)c1ccc(Br)cc1. The standard InChI is InChI=1S/C26H24BrClN4O2/c1-26(19-7-5-4-6-8-19)17-31(29-23(26)18-9-13-21(28)14-10-18)25(34)32(24(33)30(2)3)22-15-11-20(27)12-16-22/h4-16H,17H2,1-3H3. The number of urea groups is 2. The Balaban J connectivity index is 1.79. The van der Waals surface area contributed by atoms with Crippen LogP contribution < -0.4 is 4.90 Å². The van der Waals surface area contributed by atoms with Gasteiger partial charge in [0.05, 0.1) is 23.4 Å². The molecule has 174 valence electrons. The first-order valence-corrected chi connectivity index (χ1v) is 11.9. The molecule has 0 bridgehead atoms. The van der Waals surface area contributed by atoms with Crippen molar-refractivity contribution in [2.45, 2.75) is 12.3 Å². The molecule has 0 fully saturated rings. The van der Waals surface area contributed by atoms with Crippen molar-refractivity contribution in [2.75, 3.05) is 25.5 Å². The van der Waals surface area contributed by atoms with Gasteiger partial charge in [0.2, 0.25) is 0 Å². The van der Waals surface area contributed by atoms with Gasteiger partial charge in [0, 0.05) is 23.6 Å². The van der Waals surface area contributed by atoms with Gasteiger partial charge in [-0.15, -0.1) is 0 Å². The van der Waals surface area contributed by atoms with Crippen molar-refractivity contribution in [1.82, 2.24) is 9.91 Å². The van der Waals surface area contributed by atoms with Crippen LogP contribution >= 0.6 is 27.5 Å². The molecule has 6 nitrogen and oxygen atoms in total. The Kier molecular flexibility index (Phi) is 6.77. The maximum absolute atomic E-state index is 13.8. The Morgan fingerprint density at radius 1 is 0.971 bits per heavy atom. The number of imide groups is 1. The van der Waals surface area contributed by atoms with Crippen molar-refractivity contribution in [3.8, 4) is 0 Å². The van der Waals surface area contributed by atoms with Crippen LogP contribution in [0.2, 0.25) is 5.02 Å². The second-order valence-electron chi connectivity index (χ2n) is 8.48. The summed E-state index contributed by atoms with van der Waals surface area (Å²) in [7, 11) is 3.23. The number of rotatable bonds is 3. The number of hydrogen-bond donors (Lipinski definition) is 0. The highest BCUT2D eigenvalue weighted by Gasteiger charge is 2.44. The van der Waals surface area contributed by atoms with Gasteiger partial charge < -0.3 is 4.90 Å². The summed E-state index contributed by atoms with van der Waals surface area (Å²) in [6.07, 6.45) is 0. The number of amides is 4. The molecule has 8 heteroatoms. The number of anilines is 1. The number of carbonyl (C=O) groups excluding carboxylic acids is 2. The van der Waals surface area contributed by atoms with Gasteiger partial charge in [-0.25, -0.2) is 19.5 Å². The van der Waals surface area contributed by atoms with Gasteiger partial charge in [0.15, 0.2) is 0 Å². The molecule has 1 unspecified atom stereocenters. The van der Waals surface area contributed by atoms with Crippen LogP contribution in [0.4, 0.5) is 15.3 Å². The van der Waals surface area contributed by atoms with E-state index in [1.807, 2.05) is 42.5 Å². The average molecular weight is 540 g/mol. The van der Waals surface area contributed by atoms with E-state index in [1.54, 1.807) is 50.5 Å². The average Bonchev–Trinajstić information content (AvgIpc) is 3.20. The zero-order valence-corrected chi connectivity index (χ0v) is 21.4. The van der Waals surface area contributed by atoms with Gasteiger partial charge >= 0.3 is 12.1 Å². The molecule has 0 aromatic heterocycles. The molecule has 1 atom stereocenters. The number of nitrogens with zero attached hydrogens (tertiary/aromatic N) is 4. The molecule has 1 aliphatic rings. The number of hydrazone groups is 1. The lowest BCUT2D eigenvalue weighted by Gasteiger charge is -2.30. The van der Waals surface area contributed by atoms with Crippen LogP contribution in [-0.2, 0) is 5.41 Å². The zero-order chi connectivity index (χ0) is 24.5. The molecule has 0 saturated heterocycles. The van der Waals surface area contributed by atoms with Crippen molar-refractivity contribution in [3.63, 3.8) is 0 Å². The zero-order valence-electron chi connectivity index (χ0n) is 19.1. The number of benzene rings is 3. The molecule has 4 rings (SSSR count). The highest BCUT2D eigenvalue weighted by Crippen LogP contribution is 2.36. The third-order valence-electron chi connectivity index (χ3n) is 5.81. The molecule has 0 N–H and O–H groups in total. The molecule has 0 spiro atoms. The summed E-state index contributed by atoms with van der Waals surface area (Å²) < 4.78 is 0.849. The van der Waals surface area contributed by atoms with Gasteiger partial charge in [0.1, 0.15) is 0 Å². The molecule has 1 heterocycles. The lowest BCUT2D eigenvalue weighted by atomic mass is 9.76. The fourth-order valence-electron chi connectivity index (χ4n) is 3.98. The summed E-state index contributed by atoms with van der Waals surface area (Å²) in [6.45, 7) is 2.34. The Bertz CT molecular complexity index is 1230. The van der Waals surface area contributed by atoms with Crippen LogP contribution in [0.1, 0.15) is 18.1 Å². The summed E-state index contributed by atoms with van der Waals surface area (Å²) in [4.78, 5) is 29.4. The topological polar surface area (TPSA) is 56.2 Å². The molecular weight excluding hydrogens is 516 g/mol. The number of hydrogen-bond acceptors (Lipinski definition) is 3. The maximum atomic E-state index is 13.8. The van der Waals surface area contributed by atoms with Crippen LogP contribution in [0, 0.1) is 0 Å². The Morgan fingerprint density at radius 2 is 1.59 bits per heavy atom. The highest BCUT2D eigenvalue weighted by molar-refractivity contribution is 9.10. The summed E-state index contributed by atoms with van der Waals surface area (Å²) in [6, 6.07) is 23.4. The molecule has 0 saturated carbocycles. The summed E-state index contributed by atoms with van der Waals surface area (Å²) in [5, 5.41) is 6.75. The summed E-state index contributed by atoms with van der Waals surface area (Å²) in [5.41, 5.74) is 2.49. The van der Waals surface area contributed by atoms with E-state index < -0.39 is 17.5 Å². The first-order valence-electron chi connectivity index (χ1n) is 10.7. The largest absolute Gasteiger partial charge is 0.353 e. The van der Waals surface area contributed by atoms with Gasteiger partial charge in [-0.2, -0.15) is 5.10 Å². The van der Waals surface area contributed by atoms with Gasteiger partial charge in [-0.3, -0.25) is 0 Å². The summed E-state index contributed by atoms with van der Waals surface area (Å²) in [5.74, 6) is 0. The molecule has 0 aliphatic carbocycles. The van der Waals surface area contributed by atoms with E-state index in [4.69, 9.17) is 16.7 Å². The van der Waals surface area contributed by atoms with E-state index in [0.717, 1.165) is 26.2 Å². The van der Waals surface area contributed by atoms with Crippen LogP contribution in [-0.4, -0.2) is 48.3 Å². The molecule has 3 aromatic carbocycles. The minimum atomic E-state index is -0.586. The predicted molar refractivity (Wildman–Crippen MR) is 140 cm³/mol. The van der Waals surface area contributed by atoms with Crippen LogP contribution in [0.3, 0.4) is 0 Å². The van der Waals surface area contributed by atoms with Crippen molar-refractivity contribution < 1.29 is 9.59 Å². The number of halogens is 2. The lowest BCUT2D eigenvalue weighted by Crippen LogP contribution is -2.49. The molecule has 0 radical (unpaired) electrons. The molecule has 3 aromatic rings. The van der Waals surface area contributed by atoms with Crippen LogP contribution in [0.15, 0.2) is 88.4 Å². The fourth-order valence-corrected chi connectivity index (χ4v) is 4.37. The third-order valence-corrected chi connectivity index (χ3v) is 6.59. The second-order valence-corrected chi connectivity index (χ2v) is 9.83. The quantitative estimate of drug-likeness (QED) is 0.387. The van der Waals surface area contributed by atoms with E-state index in [1.165, 1.54) is 9.91 Å². The van der Waals surface area contributed by atoms with Crippen molar-refractivity contribution >= 4 is 51.0 Å². The Labute approximate surface area is 212 Å². The molecule has 4 amide bonds. The van der Waals surface area contributed by atoms with E-state index in [0.29, 0.717) is 10.7 Å². The van der Waals surface area contributed by atoms with E-state index in [9.17, 15) is 9.59 Å². The van der Waals surface area contributed by atoms with Crippen LogP contribution in [0.25, 0.3) is 0 Å². The van der Waals surface area contributed by atoms with Gasteiger partial charge in [0.25, 0.3) is 0 Å². The van der Waals surface area contributed by atoms with E-state index in [-0.39, 0.29) is 6.54 Å². The van der Waals surface area contributed by atoms with Crippen molar-refractivity contribution in [2.24, 2.45) is 5.10 Å². The van der Waals surface area contributed by atoms with Crippen LogP contribution in [0.5, 0.6) is 0 Å². The third kappa shape index (κ3) is 4.58. The Morgan fingerprint density at radius 3 is 2.18 bits per heavy atom. The lowest BCUT2D eigenvalue weighted by molar-refractivity contribution is 0.198. The van der Waals surface area contributed by atoms with Crippen molar-refractivity contribution in [1.29, 1.82) is 0 Å². The van der Waals surface area contributed by atoms with Crippen molar-refractivity contribution in [3.05, 3.63) is 99.5 Å². The fraction of sp³-hybridized carbons (Fsp3) is 0.192. The minimum absolute atomic E-state index is 0.279. The minimum Gasteiger partial charge on any atom is -0.330 e. The predicted octanol–water partition coefficient (Wildman–Crippen LogP) is 6.39. The monoisotopic (exact) mass is 538 g/mol. The molecule has 1 aliphatic heterocycles. The van der Waals surface area contributed by atoms with E-state index in [2.05, 4.69) is 22.9 Å². The normalized spacial score (nSPS) is 17.3. The van der Waals surface area contributed by atoms with E-state index >= 15 is 0 Å².